The Morgan fingerprint density at radius 1 is 0.970 bits per heavy atom. The van der Waals surface area contributed by atoms with Crippen LogP contribution in [0.15, 0.2) is 73.1 Å². The summed E-state index contributed by atoms with van der Waals surface area (Å²) in [6.07, 6.45) is 3.67. The lowest BCUT2D eigenvalue weighted by atomic mass is 9.96. The molecule has 2 atom stereocenters. The van der Waals surface area contributed by atoms with Crippen molar-refractivity contribution in [3.63, 3.8) is 0 Å². The summed E-state index contributed by atoms with van der Waals surface area (Å²) in [5.74, 6) is 0.594. The van der Waals surface area contributed by atoms with Gasteiger partial charge in [-0.25, -0.2) is 9.37 Å². The molecule has 4 aromatic rings. The van der Waals surface area contributed by atoms with E-state index < -0.39 is 0 Å². The van der Waals surface area contributed by atoms with Crippen LogP contribution in [-0.2, 0) is 0 Å². The average molecular weight is 458 g/mol. The van der Waals surface area contributed by atoms with Gasteiger partial charge in [-0.05, 0) is 92.6 Å². The maximum absolute atomic E-state index is 13.7. The topological polar surface area (TPSA) is 46.0 Å². The number of benzene rings is 1. The maximum Gasteiger partial charge on any atom is 0.174 e. The van der Waals surface area contributed by atoms with Crippen molar-refractivity contribution < 1.29 is 4.39 Å². The summed E-state index contributed by atoms with van der Waals surface area (Å²) >= 11 is 5.77. The number of hydrogen-bond acceptors (Lipinski definition) is 3. The standard InChI is InChI=1S/C26H24FN5S/c1-16-7-12-23(29-15-16)31-17(2)14-21(18(31)3)25-24(22-6-4-5-13-28-22)30-26(33)32(25)20-10-8-19(27)9-11-20/h4-15,24-25H,1-3H3,(H,30,33). The van der Waals surface area contributed by atoms with Gasteiger partial charge in [0.15, 0.2) is 5.11 Å². The van der Waals surface area contributed by atoms with Gasteiger partial charge in [0.2, 0.25) is 0 Å². The van der Waals surface area contributed by atoms with Crippen LogP contribution < -0.4 is 10.2 Å². The third kappa shape index (κ3) is 3.78. The van der Waals surface area contributed by atoms with Crippen LogP contribution in [-0.4, -0.2) is 19.6 Å². The number of nitrogens with zero attached hydrogens (tertiary/aromatic N) is 4. The SMILES string of the molecule is Cc1ccc(-n2c(C)cc(C3C(c4ccccn4)NC(=S)N3c3ccc(F)cc3)c2C)nc1. The molecule has 1 aliphatic heterocycles. The Labute approximate surface area is 197 Å². The second-order valence-electron chi connectivity index (χ2n) is 8.33. The minimum atomic E-state index is -0.279. The number of nitrogens with one attached hydrogen (secondary N) is 1. The molecule has 1 N–H and O–H groups in total. The molecule has 1 saturated heterocycles. The molecule has 0 radical (unpaired) electrons. The molecule has 3 aromatic heterocycles. The normalized spacial score (nSPS) is 17.9. The van der Waals surface area contributed by atoms with Gasteiger partial charge >= 0.3 is 0 Å². The molecular formula is C26H24FN5S. The van der Waals surface area contributed by atoms with Gasteiger partial charge in [-0.2, -0.15) is 0 Å². The van der Waals surface area contributed by atoms with E-state index in [4.69, 9.17) is 12.2 Å². The summed E-state index contributed by atoms with van der Waals surface area (Å²) in [4.78, 5) is 11.3. The number of pyridine rings is 2. The molecule has 0 saturated carbocycles. The van der Waals surface area contributed by atoms with E-state index in [0.29, 0.717) is 5.11 Å². The maximum atomic E-state index is 13.7. The highest BCUT2D eigenvalue weighted by atomic mass is 32.1. The van der Waals surface area contributed by atoms with Crippen LogP contribution in [0.3, 0.4) is 0 Å². The lowest BCUT2D eigenvalue weighted by Gasteiger charge is -2.28. The number of anilines is 1. The second kappa shape index (κ2) is 8.41. The Morgan fingerprint density at radius 2 is 1.76 bits per heavy atom. The fraction of sp³-hybridized carbons (Fsp3) is 0.192. The highest BCUT2D eigenvalue weighted by Crippen LogP contribution is 2.43. The number of aromatic nitrogens is 3. The molecule has 33 heavy (non-hydrogen) atoms. The van der Waals surface area contributed by atoms with Gasteiger partial charge in [0.1, 0.15) is 11.6 Å². The van der Waals surface area contributed by atoms with Crippen molar-refractivity contribution in [1.29, 1.82) is 0 Å². The Hall–Kier alpha value is -3.58. The summed E-state index contributed by atoms with van der Waals surface area (Å²) < 4.78 is 15.8. The number of rotatable bonds is 4. The fourth-order valence-electron chi connectivity index (χ4n) is 4.58. The molecule has 1 aliphatic rings. The number of thiocarbonyl (C=S) groups is 1. The van der Waals surface area contributed by atoms with Crippen molar-refractivity contribution in [3.05, 3.63) is 107 Å². The van der Waals surface area contributed by atoms with Crippen LogP contribution in [0.25, 0.3) is 5.82 Å². The molecule has 1 fully saturated rings. The molecule has 0 bridgehead atoms. The smallest absolute Gasteiger partial charge is 0.174 e. The van der Waals surface area contributed by atoms with Gasteiger partial charge < -0.3 is 14.8 Å². The van der Waals surface area contributed by atoms with Gasteiger partial charge in [-0.15, -0.1) is 0 Å². The summed E-state index contributed by atoms with van der Waals surface area (Å²) in [7, 11) is 0. The van der Waals surface area contributed by atoms with Crippen molar-refractivity contribution in [3.8, 4) is 5.82 Å². The van der Waals surface area contributed by atoms with Gasteiger partial charge in [-0.3, -0.25) is 4.98 Å². The monoisotopic (exact) mass is 457 g/mol. The summed E-state index contributed by atoms with van der Waals surface area (Å²) in [6.45, 7) is 6.21. The zero-order valence-corrected chi connectivity index (χ0v) is 19.5. The van der Waals surface area contributed by atoms with Gasteiger partial charge in [0, 0.05) is 29.5 Å². The predicted octanol–water partition coefficient (Wildman–Crippen LogP) is 5.51. The predicted molar refractivity (Wildman–Crippen MR) is 132 cm³/mol. The summed E-state index contributed by atoms with van der Waals surface area (Å²) in [5.41, 5.74) is 6.11. The first-order chi connectivity index (χ1) is 15.9. The molecule has 2 unspecified atom stereocenters. The molecule has 4 heterocycles. The van der Waals surface area contributed by atoms with E-state index in [1.165, 1.54) is 12.1 Å². The molecule has 0 aliphatic carbocycles. The van der Waals surface area contributed by atoms with E-state index in [9.17, 15) is 4.39 Å². The van der Waals surface area contributed by atoms with E-state index in [2.05, 4.69) is 50.7 Å². The molecule has 1 aromatic carbocycles. The van der Waals surface area contributed by atoms with Crippen molar-refractivity contribution in [2.24, 2.45) is 0 Å². The van der Waals surface area contributed by atoms with Crippen LogP contribution in [0, 0.1) is 26.6 Å². The number of aryl methyl sites for hydroxylation is 2. The van der Waals surface area contributed by atoms with Crippen LogP contribution in [0.2, 0.25) is 0 Å². The first-order valence-corrected chi connectivity index (χ1v) is 11.2. The van der Waals surface area contributed by atoms with Crippen molar-refractivity contribution >= 4 is 23.0 Å². The van der Waals surface area contributed by atoms with E-state index in [1.807, 2.05) is 37.4 Å². The lowest BCUT2D eigenvalue weighted by Crippen LogP contribution is -2.29. The molecular weight excluding hydrogens is 433 g/mol. The van der Waals surface area contributed by atoms with E-state index in [1.54, 1.807) is 18.3 Å². The molecule has 7 heteroatoms. The minimum Gasteiger partial charge on any atom is -0.351 e. The van der Waals surface area contributed by atoms with Gasteiger partial charge in [-0.1, -0.05) is 12.1 Å². The largest absolute Gasteiger partial charge is 0.351 e. The highest BCUT2D eigenvalue weighted by Gasteiger charge is 2.42. The first-order valence-electron chi connectivity index (χ1n) is 10.8. The molecule has 0 spiro atoms. The van der Waals surface area contributed by atoms with Crippen LogP contribution in [0.5, 0.6) is 0 Å². The van der Waals surface area contributed by atoms with E-state index in [-0.39, 0.29) is 17.9 Å². The number of halogens is 1. The van der Waals surface area contributed by atoms with E-state index in [0.717, 1.165) is 39.7 Å². The van der Waals surface area contributed by atoms with Crippen LogP contribution in [0.1, 0.15) is 40.3 Å². The third-order valence-electron chi connectivity index (χ3n) is 6.12. The minimum absolute atomic E-state index is 0.163. The zero-order chi connectivity index (χ0) is 23.1. The van der Waals surface area contributed by atoms with E-state index >= 15 is 0 Å². The molecule has 0 amide bonds. The zero-order valence-electron chi connectivity index (χ0n) is 18.7. The van der Waals surface area contributed by atoms with Crippen LogP contribution >= 0.6 is 12.2 Å². The number of hydrogen-bond donors (Lipinski definition) is 1. The van der Waals surface area contributed by atoms with Gasteiger partial charge in [0.25, 0.3) is 0 Å². The first kappa shape index (κ1) is 21.3. The molecule has 166 valence electrons. The second-order valence-corrected chi connectivity index (χ2v) is 8.72. The highest BCUT2D eigenvalue weighted by molar-refractivity contribution is 7.80. The quantitative estimate of drug-likeness (QED) is 0.410. The van der Waals surface area contributed by atoms with Gasteiger partial charge in [0.05, 0.1) is 17.8 Å². The fourth-order valence-corrected chi connectivity index (χ4v) is 4.93. The van der Waals surface area contributed by atoms with Crippen molar-refractivity contribution in [1.82, 2.24) is 19.9 Å². The lowest BCUT2D eigenvalue weighted by molar-refractivity contribution is 0.565. The van der Waals surface area contributed by atoms with Crippen LogP contribution in [0.4, 0.5) is 10.1 Å². The van der Waals surface area contributed by atoms with Crippen molar-refractivity contribution in [2.75, 3.05) is 4.90 Å². The summed E-state index contributed by atoms with van der Waals surface area (Å²) in [5, 5.41) is 4.05. The third-order valence-corrected chi connectivity index (χ3v) is 6.43. The summed E-state index contributed by atoms with van der Waals surface area (Å²) in [6, 6.07) is 18.3. The Bertz CT molecular complexity index is 1300. The average Bonchev–Trinajstić information content (AvgIpc) is 3.31. The molecule has 5 rings (SSSR count). The Balaban J connectivity index is 1.67. The molecule has 5 nitrogen and oxygen atoms in total. The Morgan fingerprint density at radius 3 is 2.42 bits per heavy atom. The Kier molecular flexibility index (Phi) is 5.42. The van der Waals surface area contributed by atoms with Crippen molar-refractivity contribution in [2.45, 2.75) is 32.9 Å².